The normalized spacial score (nSPS) is 11.6. The van der Waals surface area contributed by atoms with Crippen LogP contribution in [0.3, 0.4) is 0 Å². The van der Waals surface area contributed by atoms with Crippen molar-refractivity contribution in [1.82, 2.24) is 0 Å². The molecule has 18 heavy (non-hydrogen) atoms. The van der Waals surface area contributed by atoms with Gasteiger partial charge in [-0.1, -0.05) is 26.0 Å². The van der Waals surface area contributed by atoms with Gasteiger partial charge in [0.1, 0.15) is 6.10 Å². The number of hydrogen-bond acceptors (Lipinski definition) is 4. The van der Waals surface area contributed by atoms with Crippen LogP contribution in [0.1, 0.15) is 30.1 Å². The summed E-state index contributed by atoms with van der Waals surface area (Å²) in [5.74, 6) is -0.497. The second kappa shape index (κ2) is 6.54. The largest absolute Gasteiger partial charge is 0.455 e. The van der Waals surface area contributed by atoms with Crippen LogP contribution in [-0.2, 0) is 4.74 Å². The first-order valence-corrected chi connectivity index (χ1v) is 5.66. The molecule has 0 bridgehead atoms. The molecule has 0 aromatic heterocycles. The summed E-state index contributed by atoms with van der Waals surface area (Å²) < 4.78 is 5.20. The Labute approximate surface area is 105 Å². The lowest BCUT2D eigenvalue weighted by molar-refractivity contribution is -0.384. The lowest BCUT2D eigenvalue weighted by Crippen LogP contribution is -2.15. The van der Waals surface area contributed by atoms with Crippen LogP contribution in [-0.4, -0.2) is 17.0 Å². The summed E-state index contributed by atoms with van der Waals surface area (Å²) in [6.07, 6.45) is 2.84. The summed E-state index contributed by atoms with van der Waals surface area (Å²) in [6.45, 7) is 5.58. The van der Waals surface area contributed by atoms with Gasteiger partial charge in [-0.15, -0.1) is 0 Å². The van der Waals surface area contributed by atoms with Crippen molar-refractivity contribution in [1.29, 1.82) is 0 Å². The minimum atomic E-state index is -0.515. The van der Waals surface area contributed by atoms with Gasteiger partial charge in [-0.2, -0.15) is 0 Å². The summed E-state index contributed by atoms with van der Waals surface area (Å²) >= 11 is 0. The standard InChI is InChI=1S/C13H15NO4/c1-3-5-12(4-2)18-13(15)10-6-8-11(9-7-10)14(16)17/h4,6-9,12H,2-3,5H2,1H3/t12-/m0/s1. The maximum absolute atomic E-state index is 11.7. The fourth-order valence-corrected chi connectivity index (χ4v) is 1.43. The predicted octanol–water partition coefficient (Wildman–Crippen LogP) is 3.11. The van der Waals surface area contributed by atoms with E-state index in [1.165, 1.54) is 24.3 Å². The number of carbonyl (C=O) groups is 1. The molecule has 0 spiro atoms. The fraction of sp³-hybridized carbons (Fsp3) is 0.308. The van der Waals surface area contributed by atoms with E-state index in [1.54, 1.807) is 6.08 Å². The molecule has 0 saturated heterocycles. The second-order valence-electron chi connectivity index (χ2n) is 3.77. The van der Waals surface area contributed by atoms with E-state index < -0.39 is 10.9 Å². The maximum atomic E-state index is 11.7. The smallest absolute Gasteiger partial charge is 0.338 e. The number of benzene rings is 1. The van der Waals surface area contributed by atoms with Gasteiger partial charge in [0.05, 0.1) is 10.5 Å². The van der Waals surface area contributed by atoms with Crippen LogP contribution in [0.25, 0.3) is 0 Å². The third-order valence-electron chi connectivity index (χ3n) is 2.41. The first-order valence-electron chi connectivity index (χ1n) is 5.66. The van der Waals surface area contributed by atoms with E-state index in [0.717, 1.165) is 6.42 Å². The number of carbonyl (C=O) groups excluding carboxylic acids is 1. The molecule has 0 fully saturated rings. The minimum Gasteiger partial charge on any atom is -0.455 e. The molecule has 1 aromatic carbocycles. The highest BCUT2D eigenvalue weighted by Crippen LogP contribution is 2.14. The van der Waals surface area contributed by atoms with Crippen molar-refractivity contribution >= 4 is 11.7 Å². The van der Waals surface area contributed by atoms with Crippen LogP contribution in [0, 0.1) is 10.1 Å². The minimum absolute atomic E-state index is 0.0552. The van der Waals surface area contributed by atoms with E-state index in [4.69, 9.17) is 4.74 Å². The average molecular weight is 249 g/mol. The Balaban J connectivity index is 2.72. The number of esters is 1. The molecule has 0 N–H and O–H groups in total. The molecule has 5 heteroatoms. The molecule has 1 rings (SSSR count). The summed E-state index contributed by atoms with van der Waals surface area (Å²) in [6, 6.07) is 5.32. The van der Waals surface area contributed by atoms with E-state index in [1.807, 2.05) is 6.92 Å². The van der Waals surface area contributed by atoms with E-state index in [0.29, 0.717) is 12.0 Å². The molecule has 1 aromatic rings. The molecule has 96 valence electrons. The highest BCUT2D eigenvalue weighted by Gasteiger charge is 2.14. The zero-order valence-electron chi connectivity index (χ0n) is 10.2. The molecule has 5 nitrogen and oxygen atoms in total. The number of non-ortho nitro benzene ring substituents is 1. The van der Waals surface area contributed by atoms with Gasteiger partial charge in [0.15, 0.2) is 0 Å². The molecule has 0 aliphatic heterocycles. The molecule has 1 atom stereocenters. The predicted molar refractivity (Wildman–Crippen MR) is 67.4 cm³/mol. The van der Waals surface area contributed by atoms with E-state index in [9.17, 15) is 14.9 Å². The van der Waals surface area contributed by atoms with Crippen molar-refractivity contribution < 1.29 is 14.5 Å². The van der Waals surface area contributed by atoms with Crippen molar-refractivity contribution in [2.75, 3.05) is 0 Å². The van der Waals surface area contributed by atoms with Gasteiger partial charge in [0, 0.05) is 12.1 Å². The molecule has 0 heterocycles. The third-order valence-corrected chi connectivity index (χ3v) is 2.41. The van der Waals surface area contributed by atoms with Crippen LogP contribution >= 0.6 is 0 Å². The topological polar surface area (TPSA) is 69.4 Å². The Morgan fingerprint density at radius 1 is 1.50 bits per heavy atom. The first-order chi connectivity index (χ1) is 8.58. The molecular weight excluding hydrogens is 234 g/mol. The SMILES string of the molecule is C=C[C@@H](CCC)OC(=O)c1ccc([N+](=O)[O-])cc1. The lowest BCUT2D eigenvalue weighted by atomic mass is 10.2. The van der Waals surface area contributed by atoms with Crippen LogP contribution in [0.15, 0.2) is 36.9 Å². The summed E-state index contributed by atoms with van der Waals surface area (Å²) in [5.41, 5.74) is 0.240. The Morgan fingerprint density at radius 3 is 2.56 bits per heavy atom. The van der Waals surface area contributed by atoms with Crippen LogP contribution in [0.4, 0.5) is 5.69 Å². The molecule has 0 aliphatic carbocycles. The van der Waals surface area contributed by atoms with Gasteiger partial charge in [0.25, 0.3) is 5.69 Å². The van der Waals surface area contributed by atoms with E-state index >= 15 is 0 Å². The Hall–Kier alpha value is -2.17. The maximum Gasteiger partial charge on any atom is 0.338 e. The molecule has 0 unspecified atom stereocenters. The van der Waals surface area contributed by atoms with Crippen molar-refractivity contribution in [3.05, 3.63) is 52.6 Å². The summed E-state index contributed by atoms with van der Waals surface area (Å²) in [7, 11) is 0. The lowest BCUT2D eigenvalue weighted by Gasteiger charge is -2.12. The number of nitro groups is 1. The van der Waals surface area contributed by atoms with Crippen LogP contribution in [0.5, 0.6) is 0 Å². The third kappa shape index (κ3) is 3.69. The van der Waals surface area contributed by atoms with Crippen molar-refractivity contribution in [3.8, 4) is 0 Å². The van der Waals surface area contributed by atoms with Crippen molar-refractivity contribution in [3.63, 3.8) is 0 Å². The zero-order chi connectivity index (χ0) is 13.5. The molecule has 0 aliphatic rings. The number of nitro benzene ring substituents is 1. The van der Waals surface area contributed by atoms with Gasteiger partial charge in [0.2, 0.25) is 0 Å². The highest BCUT2D eigenvalue weighted by molar-refractivity contribution is 5.89. The Bertz CT molecular complexity index is 439. The number of nitrogens with zero attached hydrogens (tertiary/aromatic N) is 1. The second-order valence-corrected chi connectivity index (χ2v) is 3.77. The number of ether oxygens (including phenoxy) is 1. The van der Waals surface area contributed by atoms with Crippen LogP contribution in [0.2, 0.25) is 0 Å². The van der Waals surface area contributed by atoms with Gasteiger partial charge in [-0.3, -0.25) is 10.1 Å². The average Bonchev–Trinajstić information content (AvgIpc) is 2.38. The Morgan fingerprint density at radius 2 is 2.11 bits per heavy atom. The van der Waals surface area contributed by atoms with Crippen LogP contribution < -0.4 is 0 Å². The molecule has 0 radical (unpaired) electrons. The molecule has 0 amide bonds. The summed E-state index contributed by atoms with van der Waals surface area (Å²) in [4.78, 5) is 21.7. The quantitative estimate of drug-likeness (QED) is 0.336. The highest BCUT2D eigenvalue weighted by atomic mass is 16.6. The number of rotatable bonds is 6. The number of hydrogen-bond donors (Lipinski definition) is 0. The zero-order valence-corrected chi connectivity index (χ0v) is 10.2. The summed E-state index contributed by atoms with van der Waals surface area (Å²) in [5, 5.41) is 10.5. The van der Waals surface area contributed by atoms with Gasteiger partial charge < -0.3 is 4.74 Å². The molecular formula is C13H15NO4. The van der Waals surface area contributed by atoms with Crippen molar-refractivity contribution in [2.24, 2.45) is 0 Å². The van der Waals surface area contributed by atoms with Crippen molar-refractivity contribution in [2.45, 2.75) is 25.9 Å². The fourth-order valence-electron chi connectivity index (χ4n) is 1.43. The van der Waals surface area contributed by atoms with E-state index in [2.05, 4.69) is 6.58 Å². The molecule has 0 saturated carbocycles. The first kappa shape index (κ1) is 13.9. The van der Waals surface area contributed by atoms with Gasteiger partial charge in [-0.05, 0) is 18.6 Å². The Kier molecular flexibility index (Phi) is 5.05. The van der Waals surface area contributed by atoms with Gasteiger partial charge in [-0.25, -0.2) is 4.79 Å². The van der Waals surface area contributed by atoms with Gasteiger partial charge >= 0.3 is 5.97 Å². The van der Waals surface area contributed by atoms with E-state index in [-0.39, 0.29) is 11.8 Å². The monoisotopic (exact) mass is 249 g/mol.